The molecule has 0 amide bonds. The molecule has 0 saturated carbocycles. The summed E-state index contributed by atoms with van der Waals surface area (Å²) in [6, 6.07) is 96.3. The maximum absolute atomic E-state index is 5.84. The van der Waals surface area contributed by atoms with Crippen molar-refractivity contribution >= 4 is 0 Å². The van der Waals surface area contributed by atoms with Crippen molar-refractivity contribution < 1.29 is 89.1 Å². The van der Waals surface area contributed by atoms with E-state index in [1.807, 2.05) is 157 Å². The molecule has 0 saturated heterocycles. The molecule has 1 radical (unpaired) electrons. The first-order chi connectivity index (χ1) is 64.2. The number of nitrogens with zero attached hydrogens (tertiary/aromatic N) is 20. The number of hydrogen-bond donors (Lipinski definition) is 0. The van der Waals surface area contributed by atoms with Gasteiger partial charge in [0, 0.05) is 105 Å². The first kappa shape index (κ1) is 96.7. The van der Waals surface area contributed by atoms with Gasteiger partial charge in [0.15, 0.2) is 0 Å². The van der Waals surface area contributed by atoms with E-state index in [1.165, 1.54) is 0 Å². The summed E-state index contributed by atoms with van der Waals surface area (Å²) >= 11 is 0. The molecule has 0 N–H and O–H groups in total. The van der Waals surface area contributed by atoms with Crippen LogP contribution < -0.4 is 19.9 Å². The van der Waals surface area contributed by atoms with Gasteiger partial charge in [0.2, 0.25) is 0 Å². The van der Waals surface area contributed by atoms with Gasteiger partial charge in [-0.3, -0.25) is 29.3 Å². The Hall–Kier alpha value is -13.0. The summed E-state index contributed by atoms with van der Waals surface area (Å²) in [5.41, 5.74) is 21.0. The topological polar surface area (TPSA) is 241 Å². The maximum Gasteiger partial charge on any atom is 2.00 e. The van der Waals surface area contributed by atoms with Crippen LogP contribution in [0.15, 0.2) is 289 Å². The second-order valence-corrected chi connectivity index (χ2v) is 39.2. The Bertz CT molecular complexity index is 7100. The van der Waals surface area contributed by atoms with Gasteiger partial charge in [0.05, 0.1) is 45.8 Å². The summed E-state index contributed by atoms with van der Waals surface area (Å²) in [6.07, 6.45) is 12.0. The van der Waals surface area contributed by atoms with Gasteiger partial charge < -0.3 is 47.0 Å². The quantitative estimate of drug-likeness (QED) is 0.117. The molecule has 32 bridgehead atoms. The van der Waals surface area contributed by atoms with Crippen LogP contribution in [0.4, 0.5) is 0 Å². The molecule has 4 aliphatic rings. The molecule has 24 rings (SSSR count). The molecule has 16 heterocycles. The summed E-state index contributed by atoms with van der Waals surface area (Å²) in [7, 11) is 3.86. The van der Waals surface area contributed by atoms with E-state index in [2.05, 4.69) is 287 Å². The number of hydrogen-bond acceptors (Lipinski definition) is 12. The smallest absolute Gasteiger partial charge is 0.658 e. The zero-order valence-electron chi connectivity index (χ0n) is 79.6. The number of aryl methyl sites for hydroxylation is 2. The molecule has 20 aromatic rings. The Morgan fingerprint density at radius 3 is 0.761 bits per heavy atom. The van der Waals surface area contributed by atoms with Gasteiger partial charge in [-0.25, -0.2) is 19.9 Å². The number of para-hydroxylation sites is 4. The van der Waals surface area contributed by atoms with Crippen molar-refractivity contribution in [1.29, 1.82) is 0 Å². The summed E-state index contributed by atoms with van der Waals surface area (Å²) in [5, 5.41) is 9.52. The molecule has 0 aliphatic carbocycles. The van der Waals surface area contributed by atoms with Gasteiger partial charge in [0.25, 0.3) is 0 Å². The Balaban J connectivity index is 0.000000127. The normalized spacial score (nSPS) is 15.3. The Labute approximate surface area is 857 Å². The van der Waals surface area contributed by atoms with E-state index >= 15 is 0 Å². The van der Waals surface area contributed by atoms with Gasteiger partial charge in [-0.05, 0) is 48.5 Å². The predicted octanol–water partition coefficient (Wildman–Crippen LogP) is 21.9. The van der Waals surface area contributed by atoms with Crippen LogP contribution in [0.5, 0.6) is 0 Å². The fourth-order valence-corrected chi connectivity index (χ4v) is 18.0. The summed E-state index contributed by atoms with van der Waals surface area (Å²) < 4.78 is 23.9. The van der Waals surface area contributed by atoms with Crippen molar-refractivity contribution in [3.8, 4) is 115 Å². The van der Waals surface area contributed by atoms with Gasteiger partial charge in [0.1, 0.15) is 59.3 Å². The first-order valence-electron chi connectivity index (χ1n) is 45.3. The van der Waals surface area contributed by atoms with E-state index in [9.17, 15) is 0 Å². The molecule has 22 nitrogen and oxygen atoms in total. The molecule has 26 heteroatoms. The van der Waals surface area contributed by atoms with Crippen LogP contribution in [0, 0.1) is 24.3 Å². The molecule has 138 heavy (non-hydrogen) atoms. The zero-order valence-corrected chi connectivity index (χ0v) is 87.3. The maximum atomic E-state index is 5.84. The van der Waals surface area contributed by atoms with Gasteiger partial charge in [-0.1, -0.05) is 266 Å². The molecule has 0 unspecified atom stereocenters. The fraction of sp³-hybridized carbons (Fsp3) is 0.232. The monoisotopic (exact) mass is 2400 g/mol. The average molecular weight is 2410 g/mol. The molecule has 701 valence electrons. The number of oxazole rings is 2. The molecule has 0 atom stereocenters. The SMILES string of the molecule is CC1(C)c2[c-]c(ccc2)-c2nc(co2)C(C)(C)c2[c-]c(ccc2)-c2nc1co2.CC1(C)c2cn(-c3ccccc3)c(n2)-c2ccc([n-]2)C(C)(C)c2cn(-c3ccccc3)c(n2)-c2ccc1[n-]2.CC1(C)c2cn(-c3ccccc3)c(n2)-c2ccc([n-]2)C(C)(C)c2cn(-c3ccccc3)c(n2)-c2ccc1[n-]2.Cn1nc2nc1-c1[c-]c(ccc1)C(C)(C)c1nc(n(C)n1)-c1[c-]c(ccc1)C2(C)C.[Cu+2].[Pt+2].[Pt+2].[Pt+2]. The van der Waals surface area contributed by atoms with Crippen molar-refractivity contribution in [2.75, 3.05) is 0 Å². The average Bonchev–Trinajstić information content (AvgIpc) is 1.59. The minimum atomic E-state index is -0.432. The van der Waals surface area contributed by atoms with Crippen LogP contribution in [0.1, 0.15) is 202 Å². The van der Waals surface area contributed by atoms with E-state index in [1.54, 1.807) is 12.5 Å². The fourth-order valence-electron chi connectivity index (χ4n) is 18.0. The third kappa shape index (κ3) is 16.9. The van der Waals surface area contributed by atoms with Gasteiger partial charge >= 0.3 is 80.3 Å². The number of fused-ring (bicyclic) bond motifs is 40. The van der Waals surface area contributed by atoms with Gasteiger partial charge in [-0.15, -0.1) is 153 Å². The van der Waals surface area contributed by atoms with E-state index < -0.39 is 32.5 Å². The van der Waals surface area contributed by atoms with Crippen molar-refractivity contribution in [3.63, 3.8) is 0 Å². The van der Waals surface area contributed by atoms with Crippen molar-refractivity contribution in [2.24, 2.45) is 14.1 Å². The third-order valence-corrected chi connectivity index (χ3v) is 27.3. The minimum Gasteiger partial charge on any atom is -0.658 e. The minimum absolute atomic E-state index is 0. The van der Waals surface area contributed by atoms with Crippen molar-refractivity contribution in [1.82, 2.24) is 97.6 Å². The number of imidazole rings is 4. The van der Waals surface area contributed by atoms with E-state index in [0.717, 1.165) is 194 Å². The first-order valence-corrected chi connectivity index (χ1v) is 45.3. The third-order valence-electron chi connectivity index (χ3n) is 27.3. The van der Waals surface area contributed by atoms with E-state index in [0.29, 0.717) is 11.8 Å². The second-order valence-electron chi connectivity index (χ2n) is 39.2. The summed E-state index contributed by atoms with van der Waals surface area (Å²) in [4.78, 5) is 60.7. The van der Waals surface area contributed by atoms with Gasteiger partial charge in [-0.2, -0.15) is 10.2 Å². The molecular weight excluding hydrogens is 2310 g/mol. The molecule has 4 aliphatic heterocycles. The van der Waals surface area contributed by atoms with E-state index in [-0.39, 0.29) is 91.1 Å². The van der Waals surface area contributed by atoms with Crippen LogP contribution in [-0.4, -0.2) is 77.7 Å². The van der Waals surface area contributed by atoms with Crippen molar-refractivity contribution in [3.05, 3.63) is 395 Å². The predicted molar refractivity (Wildman–Crippen MR) is 518 cm³/mol. The molecule has 0 fully saturated rings. The standard InChI is InChI=1S/2C32H28N6.C24H24N6.C24H20N2O2.Cu.3Pt/c2*1-31(2)25-17-15-23(33-25)30-36-28(20-38(30)22-13-9-6-10-14-22)32(3,4)26-18-16-24(34-26)29-35-27(31)19-37(29)21-11-7-5-8-12-21;1-23(2)17-11-7-9-15(13-17)20-26-22(28-30(20)6)24(3,4)18-12-8-10-16(14-18)19-25-21(23)27-29(19)5;1-23(2)17-9-5-7-15(11-17)22-26-20(14-28-22)24(3,4)18-10-6-8-16(12-18)21-25-19(23)13-27-21;;;;/h2*5-20H,1-4H3;7-12H,1-6H3;5-10,13-14H,1-4H3;;;;/q4*-2;4*+2. The Morgan fingerprint density at radius 2 is 0.493 bits per heavy atom. The number of benzene rings is 8. The molecule has 12 aromatic heterocycles. The van der Waals surface area contributed by atoms with Crippen LogP contribution in [-0.2, 0) is 138 Å². The van der Waals surface area contributed by atoms with Crippen LogP contribution >= 0.6 is 0 Å². The van der Waals surface area contributed by atoms with E-state index in [4.69, 9.17) is 78.8 Å². The molecular formula is C112H100CuN20O2Pt3. The number of aromatic nitrogens is 20. The Kier molecular flexibility index (Phi) is 25.5. The number of rotatable bonds is 4. The summed E-state index contributed by atoms with van der Waals surface area (Å²) in [6.45, 7) is 34.3. The zero-order chi connectivity index (χ0) is 92.9. The Morgan fingerprint density at radius 1 is 0.246 bits per heavy atom. The molecule has 0 spiro atoms. The van der Waals surface area contributed by atoms with Crippen LogP contribution in [0.2, 0.25) is 0 Å². The largest absolute Gasteiger partial charge is 2.00 e. The second kappa shape index (κ2) is 36.4. The van der Waals surface area contributed by atoms with Crippen LogP contribution in [0.3, 0.4) is 0 Å². The summed E-state index contributed by atoms with van der Waals surface area (Å²) in [5.74, 6) is 7.49. The molecule has 8 aromatic carbocycles. The van der Waals surface area contributed by atoms with Crippen molar-refractivity contribution in [2.45, 2.75) is 154 Å². The van der Waals surface area contributed by atoms with Crippen LogP contribution in [0.25, 0.3) is 115 Å².